The number of carbonyl (C=O) groups is 2. The Morgan fingerprint density at radius 1 is 0.833 bits per heavy atom. The monoisotopic (exact) mass is 166 g/mol. The van der Waals surface area contributed by atoms with Gasteiger partial charge in [-0.3, -0.25) is 9.59 Å². The zero-order chi connectivity index (χ0) is 8.55. The third-order valence-corrected chi connectivity index (χ3v) is 3.27. The van der Waals surface area contributed by atoms with Gasteiger partial charge in [0, 0.05) is 12.8 Å². The second-order valence-electron chi connectivity index (χ2n) is 4.06. The van der Waals surface area contributed by atoms with Gasteiger partial charge in [0.15, 0.2) is 11.6 Å². The Bertz CT molecular complexity index is 196. The van der Waals surface area contributed by atoms with Gasteiger partial charge in [0.1, 0.15) is 0 Å². The molecule has 0 aliphatic heterocycles. The maximum absolute atomic E-state index is 11.1. The Morgan fingerprint density at radius 3 is 1.67 bits per heavy atom. The lowest BCUT2D eigenvalue weighted by Gasteiger charge is -2.33. The summed E-state index contributed by atoms with van der Waals surface area (Å²) in [6.45, 7) is 0. The van der Waals surface area contributed by atoms with Crippen molar-refractivity contribution in [3.05, 3.63) is 0 Å². The summed E-state index contributed by atoms with van der Waals surface area (Å²) in [4.78, 5) is 22.2. The normalized spacial score (nSPS) is 36.3. The zero-order valence-electron chi connectivity index (χ0n) is 7.21. The molecule has 0 N–H and O–H groups in total. The fourth-order valence-corrected chi connectivity index (χ4v) is 2.53. The topological polar surface area (TPSA) is 34.1 Å². The summed E-state index contributed by atoms with van der Waals surface area (Å²) in [5.41, 5.74) is 0. The van der Waals surface area contributed by atoms with Crippen molar-refractivity contribution in [3.8, 4) is 0 Å². The highest BCUT2D eigenvalue weighted by Crippen LogP contribution is 2.37. The summed E-state index contributed by atoms with van der Waals surface area (Å²) in [6.07, 6.45) is 5.94. The van der Waals surface area contributed by atoms with Gasteiger partial charge in [-0.1, -0.05) is 12.8 Å². The maximum atomic E-state index is 11.1. The quantitative estimate of drug-likeness (QED) is 0.513. The summed E-state index contributed by atoms with van der Waals surface area (Å²) in [7, 11) is 0. The van der Waals surface area contributed by atoms with Crippen molar-refractivity contribution < 1.29 is 9.59 Å². The predicted molar refractivity (Wildman–Crippen MR) is 44.7 cm³/mol. The highest BCUT2D eigenvalue weighted by atomic mass is 16.2. The lowest BCUT2D eigenvalue weighted by Crippen LogP contribution is -2.34. The zero-order valence-corrected chi connectivity index (χ0v) is 7.21. The van der Waals surface area contributed by atoms with Crippen molar-refractivity contribution in [2.75, 3.05) is 0 Å². The first kappa shape index (κ1) is 7.96. The summed E-state index contributed by atoms with van der Waals surface area (Å²) >= 11 is 0. The summed E-state index contributed by atoms with van der Waals surface area (Å²) in [5, 5.41) is 0. The first-order valence-electron chi connectivity index (χ1n) is 4.83. The minimum absolute atomic E-state index is 0.113. The fourth-order valence-electron chi connectivity index (χ4n) is 2.53. The molecule has 0 aromatic carbocycles. The van der Waals surface area contributed by atoms with Crippen LogP contribution in [0.15, 0.2) is 0 Å². The molecule has 0 amide bonds. The Kier molecular flexibility index (Phi) is 1.99. The lowest BCUT2D eigenvalue weighted by atomic mass is 9.70. The molecule has 2 aliphatic carbocycles. The van der Waals surface area contributed by atoms with E-state index in [1.165, 1.54) is 25.7 Å². The maximum Gasteiger partial charge on any atom is 0.198 e. The molecule has 2 rings (SSSR count). The van der Waals surface area contributed by atoms with Crippen LogP contribution in [-0.4, -0.2) is 11.6 Å². The minimum Gasteiger partial charge on any atom is -0.291 e. The van der Waals surface area contributed by atoms with E-state index in [1.54, 1.807) is 0 Å². The number of carbonyl (C=O) groups excluding carboxylic acids is 2. The number of fused-ring (bicyclic) bond motifs is 1. The van der Waals surface area contributed by atoms with E-state index in [4.69, 9.17) is 0 Å². The molecule has 0 heterocycles. The highest BCUT2D eigenvalue weighted by molar-refractivity contribution is 6.37. The molecule has 2 heteroatoms. The molecule has 12 heavy (non-hydrogen) atoms. The van der Waals surface area contributed by atoms with Crippen molar-refractivity contribution in [2.24, 2.45) is 11.8 Å². The molecule has 2 fully saturated rings. The molecular weight excluding hydrogens is 152 g/mol. The molecule has 0 spiro atoms. The van der Waals surface area contributed by atoms with Gasteiger partial charge < -0.3 is 0 Å². The fraction of sp³-hybridized carbons (Fsp3) is 0.800. The summed E-state index contributed by atoms with van der Waals surface area (Å²) in [5.74, 6) is 0.865. The number of hydrogen-bond donors (Lipinski definition) is 0. The third kappa shape index (κ3) is 1.30. The predicted octanol–water partition coefficient (Wildman–Crippen LogP) is 1.72. The second kappa shape index (κ2) is 3.00. The van der Waals surface area contributed by atoms with Crippen molar-refractivity contribution >= 4 is 11.6 Å². The molecule has 66 valence electrons. The number of hydrogen-bond acceptors (Lipinski definition) is 2. The Hall–Kier alpha value is -0.660. The summed E-state index contributed by atoms with van der Waals surface area (Å²) < 4.78 is 0. The molecular formula is C10H14O2. The Balaban J connectivity index is 2.07. The van der Waals surface area contributed by atoms with Gasteiger partial charge in [-0.15, -0.1) is 0 Å². The van der Waals surface area contributed by atoms with Crippen LogP contribution in [0.5, 0.6) is 0 Å². The lowest BCUT2D eigenvalue weighted by molar-refractivity contribution is -0.141. The van der Waals surface area contributed by atoms with Crippen molar-refractivity contribution in [1.29, 1.82) is 0 Å². The molecule has 2 saturated carbocycles. The van der Waals surface area contributed by atoms with E-state index in [-0.39, 0.29) is 11.6 Å². The molecule has 2 atom stereocenters. The molecule has 2 aliphatic rings. The number of ketones is 2. The van der Waals surface area contributed by atoms with Crippen LogP contribution in [0.1, 0.15) is 38.5 Å². The number of Topliss-reactive ketones (excluding diaryl/α,β-unsaturated/α-hetero) is 2. The minimum atomic E-state index is -0.113. The third-order valence-electron chi connectivity index (χ3n) is 3.27. The van der Waals surface area contributed by atoms with Crippen LogP contribution in [0.3, 0.4) is 0 Å². The van der Waals surface area contributed by atoms with E-state index in [1.807, 2.05) is 0 Å². The van der Waals surface area contributed by atoms with E-state index >= 15 is 0 Å². The van der Waals surface area contributed by atoms with Crippen LogP contribution in [0.25, 0.3) is 0 Å². The van der Waals surface area contributed by atoms with Gasteiger partial charge in [-0.2, -0.15) is 0 Å². The van der Waals surface area contributed by atoms with Crippen LogP contribution in [0.2, 0.25) is 0 Å². The van der Waals surface area contributed by atoms with Gasteiger partial charge in [0.05, 0.1) is 0 Å². The average Bonchev–Trinajstić information content (AvgIpc) is 2.07. The van der Waals surface area contributed by atoms with E-state index in [0.717, 1.165) is 0 Å². The van der Waals surface area contributed by atoms with Gasteiger partial charge >= 0.3 is 0 Å². The van der Waals surface area contributed by atoms with Crippen LogP contribution in [0.4, 0.5) is 0 Å². The summed E-state index contributed by atoms with van der Waals surface area (Å²) in [6, 6.07) is 0. The van der Waals surface area contributed by atoms with Gasteiger partial charge in [-0.25, -0.2) is 0 Å². The van der Waals surface area contributed by atoms with E-state index < -0.39 is 0 Å². The van der Waals surface area contributed by atoms with Crippen molar-refractivity contribution in [3.63, 3.8) is 0 Å². The van der Waals surface area contributed by atoms with Crippen LogP contribution >= 0.6 is 0 Å². The largest absolute Gasteiger partial charge is 0.291 e. The molecule has 0 unspecified atom stereocenters. The molecule has 2 nitrogen and oxygen atoms in total. The Morgan fingerprint density at radius 2 is 1.25 bits per heavy atom. The molecule has 0 bridgehead atoms. The standard InChI is InChI=1S/C10H14O2/c11-9-5-7-3-1-2-4-8(7)6-10(9)12/h7-8H,1-6H2/t7-,8-/m1/s1. The molecule has 0 aromatic heterocycles. The van der Waals surface area contributed by atoms with Gasteiger partial charge in [0.25, 0.3) is 0 Å². The van der Waals surface area contributed by atoms with Crippen molar-refractivity contribution in [2.45, 2.75) is 38.5 Å². The van der Waals surface area contributed by atoms with Crippen LogP contribution < -0.4 is 0 Å². The van der Waals surface area contributed by atoms with Crippen LogP contribution in [-0.2, 0) is 9.59 Å². The first-order valence-corrected chi connectivity index (χ1v) is 4.83. The van der Waals surface area contributed by atoms with E-state index in [2.05, 4.69) is 0 Å². The van der Waals surface area contributed by atoms with E-state index in [0.29, 0.717) is 24.7 Å². The van der Waals surface area contributed by atoms with Crippen molar-refractivity contribution in [1.82, 2.24) is 0 Å². The average molecular weight is 166 g/mol. The first-order chi connectivity index (χ1) is 5.77. The van der Waals surface area contributed by atoms with Crippen LogP contribution in [0, 0.1) is 11.8 Å². The smallest absolute Gasteiger partial charge is 0.198 e. The van der Waals surface area contributed by atoms with E-state index in [9.17, 15) is 9.59 Å². The Labute approximate surface area is 72.3 Å². The van der Waals surface area contributed by atoms with Gasteiger partial charge in [0.2, 0.25) is 0 Å². The molecule has 0 radical (unpaired) electrons. The molecule has 0 saturated heterocycles. The highest BCUT2D eigenvalue weighted by Gasteiger charge is 2.35. The van der Waals surface area contributed by atoms with Gasteiger partial charge in [-0.05, 0) is 24.7 Å². The molecule has 0 aromatic rings. The second-order valence-corrected chi connectivity index (χ2v) is 4.06. The number of rotatable bonds is 0. The SMILES string of the molecule is O=C1C[C@H]2CCCC[C@@H]2CC1=O.